The molecule has 0 radical (unpaired) electrons. The molecule has 3 aromatic rings. The van der Waals surface area contributed by atoms with Crippen LogP contribution in [0.15, 0.2) is 78.5 Å². The van der Waals surface area contributed by atoms with Gasteiger partial charge in [-0.1, -0.05) is 29.8 Å². The molecule has 1 aliphatic rings. The van der Waals surface area contributed by atoms with E-state index in [9.17, 15) is 14.0 Å². The van der Waals surface area contributed by atoms with Gasteiger partial charge >= 0.3 is 0 Å². The van der Waals surface area contributed by atoms with Crippen LogP contribution in [0.5, 0.6) is 5.75 Å². The maximum absolute atomic E-state index is 13.8. The normalized spacial score (nSPS) is 13.8. The first-order chi connectivity index (χ1) is 15.3. The molecule has 0 saturated heterocycles. The van der Waals surface area contributed by atoms with E-state index in [-0.39, 0.29) is 23.1 Å². The average molecular weight is 451 g/mol. The first-order valence-electron chi connectivity index (χ1n) is 10.0. The van der Waals surface area contributed by atoms with Gasteiger partial charge in [0.25, 0.3) is 11.8 Å². The molecule has 0 bridgehead atoms. The van der Waals surface area contributed by atoms with E-state index in [1.807, 2.05) is 13.8 Å². The highest BCUT2D eigenvalue weighted by Gasteiger charge is 2.40. The highest BCUT2D eigenvalue weighted by Crippen LogP contribution is 2.34. The van der Waals surface area contributed by atoms with Crippen LogP contribution in [0.25, 0.3) is 5.57 Å². The van der Waals surface area contributed by atoms with E-state index in [1.54, 1.807) is 48.5 Å². The van der Waals surface area contributed by atoms with Gasteiger partial charge in [0, 0.05) is 10.7 Å². The summed E-state index contributed by atoms with van der Waals surface area (Å²) in [5.74, 6) is -0.982. The fraction of sp³-hybridized carbons (Fsp3) is 0.120. The third kappa shape index (κ3) is 4.36. The SMILES string of the molecule is CC(C)Oc1ccc(NC2=C(c3ccc(Cl)cc3)C(=O)N(c3cccc(F)c3)C2=O)cc1. The van der Waals surface area contributed by atoms with Gasteiger partial charge in [0.15, 0.2) is 0 Å². The zero-order chi connectivity index (χ0) is 22.8. The predicted octanol–water partition coefficient (Wildman–Crippen LogP) is 5.66. The molecular formula is C25H20ClFN2O3. The molecule has 0 fully saturated rings. The van der Waals surface area contributed by atoms with Gasteiger partial charge in [-0.05, 0) is 74.0 Å². The number of nitrogens with zero attached hydrogens (tertiary/aromatic N) is 1. The van der Waals surface area contributed by atoms with Gasteiger partial charge in [-0.15, -0.1) is 0 Å². The molecule has 5 nitrogen and oxygen atoms in total. The summed E-state index contributed by atoms with van der Waals surface area (Å²) in [6.45, 7) is 3.86. The molecule has 0 unspecified atom stereocenters. The minimum atomic E-state index is -0.576. The topological polar surface area (TPSA) is 58.6 Å². The Bertz CT molecular complexity index is 1200. The molecule has 4 rings (SSSR count). The smallest absolute Gasteiger partial charge is 0.282 e. The minimum Gasteiger partial charge on any atom is -0.491 e. The number of rotatable bonds is 6. The fourth-order valence-corrected chi connectivity index (χ4v) is 3.54. The molecule has 162 valence electrons. The van der Waals surface area contributed by atoms with Crippen molar-refractivity contribution in [3.8, 4) is 5.75 Å². The van der Waals surface area contributed by atoms with Gasteiger partial charge in [0.2, 0.25) is 0 Å². The second kappa shape index (κ2) is 8.85. The van der Waals surface area contributed by atoms with E-state index in [2.05, 4.69) is 5.32 Å². The summed E-state index contributed by atoms with van der Waals surface area (Å²) < 4.78 is 19.5. The molecule has 1 N–H and O–H groups in total. The number of imide groups is 1. The zero-order valence-electron chi connectivity index (χ0n) is 17.4. The van der Waals surface area contributed by atoms with Gasteiger partial charge in [-0.2, -0.15) is 0 Å². The Morgan fingerprint density at radius 1 is 0.938 bits per heavy atom. The van der Waals surface area contributed by atoms with Crippen LogP contribution in [0.4, 0.5) is 15.8 Å². The summed E-state index contributed by atoms with van der Waals surface area (Å²) in [5, 5.41) is 3.57. The predicted molar refractivity (Wildman–Crippen MR) is 123 cm³/mol. The first kappa shape index (κ1) is 21.6. The van der Waals surface area contributed by atoms with Crippen molar-refractivity contribution in [2.75, 3.05) is 10.2 Å². The number of amides is 2. The minimum absolute atomic E-state index is 0.0295. The molecule has 2 amide bonds. The Labute approximate surface area is 190 Å². The van der Waals surface area contributed by atoms with Gasteiger partial charge in [0.1, 0.15) is 17.3 Å². The van der Waals surface area contributed by atoms with Crippen LogP contribution in [-0.2, 0) is 9.59 Å². The van der Waals surface area contributed by atoms with E-state index >= 15 is 0 Å². The molecule has 0 spiro atoms. The average Bonchev–Trinajstić information content (AvgIpc) is 2.99. The molecule has 0 aliphatic carbocycles. The van der Waals surface area contributed by atoms with Gasteiger partial charge < -0.3 is 10.1 Å². The standard InChI is InChI=1S/C25H20ClFN2O3/c1-15(2)32-21-12-10-19(11-13-21)28-23-22(16-6-8-17(26)9-7-16)24(30)29(25(23)31)20-5-3-4-18(27)14-20/h3-15,28H,1-2H3. The van der Waals surface area contributed by atoms with E-state index < -0.39 is 17.6 Å². The van der Waals surface area contributed by atoms with Crippen molar-refractivity contribution in [3.63, 3.8) is 0 Å². The second-order valence-electron chi connectivity index (χ2n) is 7.50. The molecule has 0 aromatic heterocycles. The second-order valence-corrected chi connectivity index (χ2v) is 7.93. The van der Waals surface area contributed by atoms with Crippen molar-refractivity contribution in [1.82, 2.24) is 0 Å². The summed E-state index contributed by atoms with van der Waals surface area (Å²) >= 11 is 5.99. The van der Waals surface area contributed by atoms with Gasteiger partial charge in [-0.3, -0.25) is 9.59 Å². The summed E-state index contributed by atoms with van der Waals surface area (Å²) in [7, 11) is 0. The molecule has 0 saturated carbocycles. The Hall–Kier alpha value is -3.64. The number of hydrogen-bond donors (Lipinski definition) is 1. The van der Waals surface area contributed by atoms with Crippen molar-refractivity contribution in [1.29, 1.82) is 0 Å². The highest BCUT2D eigenvalue weighted by molar-refractivity contribution is 6.46. The summed E-state index contributed by atoms with van der Waals surface area (Å²) in [5.41, 5.74) is 1.56. The molecule has 3 aromatic carbocycles. The molecule has 1 aliphatic heterocycles. The largest absolute Gasteiger partial charge is 0.491 e. The lowest BCUT2D eigenvalue weighted by atomic mass is 10.0. The third-order valence-electron chi connectivity index (χ3n) is 4.78. The van der Waals surface area contributed by atoms with Crippen LogP contribution in [0, 0.1) is 5.82 Å². The van der Waals surface area contributed by atoms with Crippen molar-refractivity contribution >= 4 is 40.4 Å². The number of halogens is 2. The van der Waals surface area contributed by atoms with Gasteiger partial charge in [-0.25, -0.2) is 9.29 Å². The van der Waals surface area contributed by atoms with Crippen molar-refractivity contribution < 1.29 is 18.7 Å². The lowest BCUT2D eigenvalue weighted by molar-refractivity contribution is -0.120. The molecule has 32 heavy (non-hydrogen) atoms. The van der Waals surface area contributed by atoms with E-state index in [4.69, 9.17) is 16.3 Å². The van der Waals surface area contributed by atoms with Crippen LogP contribution >= 0.6 is 11.6 Å². The molecule has 7 heteroatoms. The lowest BCUT2D eigenvalue weighted by Crippen LogP contribution is -2.32. The van der Waals surface area contributed by atoms with Crippen LogP contribution < -0.4 is 15.0 Å². The van der Waals surface area contributed by atoms with Crippen LogP contribution in [-0.4, -0.2) is 17.9 Å². The fourth-order valence-electron chi connectivity index (χ4n) is 3.41. The number of carbonyl (C=O) groups is 2. The maximum Gasteiger partial charge on any atom is 0.282 e. The molecular weight excluding hydrogens is 431 g/mol. The number of carbonyl (C=O) groups excluding carboxylic acids is 2. The summed E-state index contributed by atoms with van der Waals surface area (Å²) in [6, 6.07) is 19.0. The molecule has 1 heterocycles. The Morgan fingerprint density at radius 2 is 1.62 bits per heavy atom. The highest BCUT2D eigenvalue weighted by atomic mass is 35.5. The van der Waals surface area contributed by atoms with Crippen molar-refractivity contribution in [2.24, 2.45) is 0 Å². The quantitative estimate of drug-likeness (QED) is 0.492. The number of hydrogen-bond acceptors (Lipinski definition) is 4. The van der Waals surface area contributed by atoms with E-state index in [1.165, 1.54) is 18.2 Å². The first-order valence-corrected chi connectivity index (χ1v) is 10.4. The Balaban J connectivity index is 1.74. The van der Waals surface area contributed by atoms with Crippen molar-refractivity contribution in [3.05, 3.63) is 94.9 Å². The number of benzene rings is 3. The van der Waals surface area contributed by atoms with E-state index in [0.717, 1.165) is 11.0 Å². The maximum atomic E-state index is 13.8. The van der Waals surface area contributed by atoms with Gasteiger partial charge in [0.05, 0.1) is 17.4 Å². The lowest BCUT2D eigenvalue weighted by Gasteiger charge is -2.15. The Morgan fingerprint density at radius 3 is 2.25 bits per heavy atom. The number of nitrogens with one attached hydrogen (secondary N) is 1. The monoisotopic (exact) mass is 450 g/mol. The Kier molecular flexibility index (Phi) is 5.97. The summed E-state index contributed by atoms with van der Waals surface area (Å²) in [4.78, 5) is 27.6. The summed E-state index contributed by atoms with van der Waals surface area (Å²) in [6.07, 6.45) is 0.0295. The van der Waals surface area contributed by atoms with Crippen molar-refractivity contribution in [2.45, 2.75) is 20.0 Å². The number of ether oxygens (including phenoxy) is 1. The van der Waals surface area contributed by atoms with Crippen LogP contribution in [0.3, 0.4) is 0 Å². The third-order valence-corrected chi connectivity index (χ3v) is 5.03. The van der Waals surface area contributed by atoms with Crippen LogP contribution in [0.2, 0.25) is 5.02 Å². The van der Waals surface area contributed by atoms with Crippen LogP contribution in [0.1, 0.15) is 19.4 Å². The van der Waals surface area contributed by atoms with E-state index in [0.29, 0.717) is 22.0 Å². The number of anilines is 2. The zero-order valence-corrected chi connectivity index (χ0v) is 18.2. The molecule has 0 atom stereocenters.